The van der Waals surface area contributed by atoms with E-state index in [1.165, 1.54) is 17.0 Å². The average molecular weight is 346 g/mol. The first-order valence-corrected chi connectivity index (χ1v) is 9.23. The minimum Gasteiger partial charge on any atom is -0.334 e. The van der Waals surface area contributed by atoms with E-state index in [1.807, 2.05) is 29.8 Å². The van der Waals surface area contributed by atoms with Crippen molar-refractivity contribution in [3.05, 3.63) is 58.0 Å². The first-order valence-electron chi connectivity index (χ1n) is 8.35. The summed E-state index contributed by atoms with van der Waals surface area (Å²) < 4.78 is 13.1. The van der Waals surface area contributed by atoms with Gasteiger partial charge in [0.2, 0.25) is 5.91 Å². The number of rotatable bonds is 5. The second-order valence-corrected chi connectivity index (χ2v) is 7.38. The molecule has 5 heteroatoms. The molecule has 1 saturated heterocycles. The highest BCUT2D eigenvalue weighted by atomic mass is 32.1. The van der Waals surface area contributed by atoms with E-state index in [2.05, 4.69) is 11.4 Å². The summed E-state index contributed by atoms with van der Waals surface area (Å²) in [5.74, 6) is -0.0668. The average Bonchev–Trinajstić information content (AvgIpc) is 3.25. The molecule has 0 bridgehead atoms. The van der Waals surface area contributed by atoms with Crippen LogP contribution in [-0.2, 0) is 4.79 Å². The van der Waals surface area contributed by atoms with Gasteiger partial charge in [0.05, 0.1) is 12.6 Å². The summed E-state index contributed by atoms with van der Waals surface area (Å²) >= 11 is 1.72. The molecule has 0 N–H and O–H groups in total. The Bertz CT molecular complexity index is 671. The molecule has 1 aliphatic heterocycles. The maximum Gasteiger partial charge on any atom is 0.237 e. The number of hydrogen-bond donors (Lipinski definition) is 0. The molecule has 0 saturated carbocycles. The molecule has 1 fully saturated rings. The molecule has 24 heavy (non-hydrogen) atoms. The van der Waals surface area contributed by atoms with Crippen LogP contribution in [0.3, 0.4) is 0 Å². The smallest absolute Gasteiger partial charge is 0.237 e. The van der Waals surface area contributed by atoms with Gasteiger partial charge in [-0.3, -0.25) is 9.69 Å². The minimum atomic E-state index is -0.236. The molecule has 0 aliphatic carbocycles. The maximum atomic E-state index is 13.1. The number of carbonyl (C=O) groups is 1. The molecule has 3 rings (SSSR count). The Hall–Kier alpha value is -1.72. The fourth-order valence-corrected chi connectivity index (χ4v) is 4.15. The molecule has 1 amide bonds. The lowest BCUT2D eigenvalue weighted by Gasteiger charge is -2.29. The fraction of sp³-hybridized carbons (Fsp3) is 0.421. The van der Waals surface area contributed by atoms with Crippen LogP contribution in [0, 0.1) is 5.82 Å². The molecule has 1 aromatic carbocycles. The number of amides is 1. The third-order valence-electron chi connectivity index (χ3n) is 4.84. The maximum absolute atomic E-state index is 13.1. The van der Waals surface area contributed by atoms with Crippen LogP contribution in [0.2, 0.25) is 0 Å². The van der Waals surface area contributed by atoms with Gasteiger partial charge in [-0.2, -0.15) is 0 Å². The molecule has 2 unspecified atom stereocenters. The number of hydrogen-bond acceptors (Lipinski definition) is 3. The van der Waals surface area contributed by atoms with Crippen molar-refractivity contribution in [2.24, 2.45) is 0 Å². The Labute approximate surface area is 146 Å². The largest absolute Gasteiger partial charge is 0.334 e. The van der Waals surface area contributed by atoms with Crippen molar-refractivity contribution in [1.29, 1.82) is 0 Å². The highest BCUT2D eigenvalue weighted by Gasteiger charge is 2.31. The molecule has 0 spiro atoms. The van der Waals surface area contributed by atoms with Crippen LogP contribution >= 0.6 is 11.3 Å². The number of benzene rings is 1. The van der Waals surface area contributed by atoms with Crippen LogP contribution in [0.25, 0.3) is 0 Å². The SMILES string of the molecule is CC(c1ccc(F)cc1)N(C)CC(=O)N1CCCC1c1cccs1. The lowest BCUT2D eigenvalue weighted by molar-refractivity contribution is -0.133. The number of carbonyl (C=O) groups excluding carboxylic acids is 1. The van der Waals surface area contributed by atoms with Crippen molar-refractivity contribution < 1.29 is 9.18 Å². The van der Waals surface area contributed by atoms with Gasteiger partial charge in [-0.25, -0.2) is 4.39 Å². The summed E-state index contributed by atoms with van der Waals surface area (Å²) in [6, 6.07) is 11.0. The normalized spacial score (nSPS) is 19.0. The molecule has 0 radical (unpaired) electrons. The third-order valence-corrected chi connectivity index (χ3v) is 5.82. The van der Waals surface area contributed by atoms with Gasteiger partial charge in [0.15, 0.2) is 0 Å². The zero-order valence-electron chi connectivity index (χ0n) is 14.1. The van der Waals surface area contributed by atoms with E-state index in [1.54, 1.807) is 23.5 Å². The molecule has 1 aromatic heterocycles. The van der Waals surface area contributed by atoms with Gasteiger partial charge in [-0.1, -0.05) is 18.2 Å². The Balaban J connectivity index is 1.64. The zero-order valence-corrected chi connectivity index (χ0v) is 14.9. The van der Waals surface area contributed by atoms with E-state index in [4.69, 9.17) is 0 Å². The predicted octanol–water partition coefficient (Wildman–Crippen LogP) is 4.24. The Morgan fingerprint density at radius 1 is 1.38 bits per heavy atom. The van der Waals surface area contributed by atoms with Crippen molar-refractivity contribution in [3.63, 3.8) is 0 Å². The van der Waals surface area contributed by atoms with Crippen molar-refractivity contribution in [2.75, 3.05) is 20.1 Å². The van der Waals surface area contributed by atoms with Crippen LogP contribution < -0.4 is 0 Å². The van der Waals surface area contributed by atoms with Crippen LogP contribution in [0.4, 0.5) is 4.39 Å². The molecule has 2 atom stereocenters. The van der Waals surface area contributed by atoms with Crippen molar-refractivity contribution >= 4 is 17.2 Å². The highest BCUT2D eigenvalue weighted by molar-refractivity contribution is 7.10. The standard InChI is InChI=1S/C19H23FN2OS/c1-14(15-7-9-16(20)10-8-15)21(2)13-19(23)22-11-3-5-17(22)18-6-4-12-24-18/h4,6-10,12,14,17H,3,5,11,13H2,1-2H3. The Morgan fingerprint density at radius 3 is 2.79 bits per heavy atom. The molecule has 2 aromatic rings. The van der Waals surface area contributed by atoms with Gasteiger partial charge in [-0.05, 0) is 56.0 Å². The first-order chi connectivity index (χ1) is 11.6. The van der Waals surface area contributed by atoms with Crippen LogP contribution in [0.1, 0.15) is 42.3 Å². The summed E-state index contributed by atoms with van der Waals surface area (Å²) in [4.78, 5) is 18.1. The predicted molar refractivity (Wildman–Crippen MR) is 95.5 cm³/mol. The van der Waals surface area contributed by atoms with Gasteiger partial charge in [-0.15, -0.1) is 11.3 Å². The minimum absolute atomic E-state index is 0.0670. The van der Waals surface area contributed by atoms with E-state index in [0.717, 1.165) is 24.9 Å². The van der Waals surface area contributed by atoms with Crippen LogP contribution in [0.5, 0.6) is 0 Å². The molecular weight excluding hydrogens is 323 g/mol. The topological polar surface area (TPSA) is 23.6 Å². The lowest BCUT2D eigenvalue weighted by atomic mass is 10.1. The number of nitrogens with zero attached hydrogens (tertiary/aromatic N) is 2. The number of likely N-dealkylation sites (tertiary alicyclic amines) is 1. The summed E-state index contributed by atoms with van der Waals surface area (Å²) in [5.41, 5.74) is 1.02. The number of halogens is 1. The molecular formula is C19H23FN2OS. The van der Waals surface area contributed by atoms with Gasteiger partial charge in [0.1, 0.15) is 5.82 Å². The van der Waals surface area contributed by atoms with Gasteiger partial charge in [0, 0.05) is 17.5 Å². The van der Waals surface area contributed by atoms with Crippen molar-refractivity contribution in [3.8, 4) is 0 Å². The summed E-state index contributed by atoms with van der Waals surface area (Å²) in [6.07, 6.45) is 2.11. The monoisotopic (exact) mass is 346 g/mol. The van der Waals surface area contributed by atoms with Crippen molar-refractivity contribution in [1.82, 2.24) is 9.80 Å². The summed E-state index contributed by atoms with van der Waals surface area (Å²) in [7, 11) is 1.95. The summed E-state index contributed by atoms with van der Waals surface area (Å²) in [5, 5.41) is 2.07. The zero-order chi connectivity index (χ0) is 17.1. The molecule has 2 heterocycles. The van der Waals surface area contributed by atoms with Gasteiger partial charge >= 0.3 is 0 Å². The number of likely N-dealkylation sites (N-methyl/N-ethyl adjacent to an activating group) is 1. The third kappa shape index (κ3) is 3.68. The van der Waals surface area contributed by atoms with Crippen molar-refractivity contribution in [2.45, 2.75) is 31.8 Å². The van der Waals surface area contributed by atoms with E-state index in [9.17, 15) is 9.18 Å². The lowest BCUT2D eigenvalue weighted by Crippen LogP contribution is -2.39. The van der Waals surface area contributed by atoms with E-state index < -0.39 is 0 Å². The van der Waals surface area contributed by atoms with Gasteiger partial charge in [0.25, 0.3) is 0 Å². The Morgan fingerprint density at radius 2 is 2.12 bits per heavy atom. The van der Waals surface area contributed by atoms with E-state index in [-0.39, 0.29) is 23.8 Å². The first kappa shape index (κ1) is 17.1. The summed E-state index contributed by atoms with van der Waals surface area (Å²) in [6.45, 7) is 3.25. The van der Waals surface area contributed by atoms with Crippen LogP contribution in [0.15, 0.2) is 41.8 Å². The quantitative estimate of drug-likeness (QED) is 0.808. The van der Waals surface area contributed by atoms with Gasteiger partial charge < -0.3 is 4.90 Å². The van der Waals surface area contributed by atoms with E-state index >= 15 is 0 Å². The van der Waals surface area contributed by atoms with Crippen LogP contribution in [-0.4, -0.2) is 35.8 Å². The second-order valence-electron chi connectivity index (χ2n) is 6.40. The second kappa shape index (κ2) is 7.45. The number of thiophene rings is 1. The van der Waals surface area contributed by atoms with E-state index in [0.29, 0.717) is 6.54 Å². The highest BCUT2D eigenvalue weighted by Crippen LogP contribution is 2.34. The Kier molecular flexibility index (Phi) is 5.31. The molecule has 128 valence electrons. The fourth-order valence-electron chi connectivity index (χ4n) is 3.28. The molecule has 1 aliphatic rings. The molecule has 3 nitrogen and oxygen atoms in total.